The number of amides is 1. The molecule has 5 nitrogen and oxygen atoms in total. The Labute approximate surface area is 190 Å². The molecule has 1 fully saturated rings. The number of nitrogens with one attached hydrogen (secondary N) is 1. The summed E-state index contributed by atoms with van der Waals surface area (Å²) in [6, 6.07) is 20.4. The summed E-state index contributed by atoms with van der Waals surface area (Å²) in [6.07, 6.45) is 4.46. The molecule has 0 bridgehead atoms. The molecule has 0 spiro atoms. The van der Waals surface area contributed by atoms with Gasteiger partial charge in [-0.25, -0.2) is 0 Å². The van der Waals surface area contributed by atoms with Crippen LogP contribution in [-0.4, -0.2) is 39.1 Å². The second-order valence-electron chi connectivity index (χ2n) is 8.88. The van der Waals surface area contributed by atoms with Crippen LogP contribution in [0.4, 0.5) is 0 Å². The summed E-state index contributed by atoms with van der Waals surface area (Å²) in [5, 5.41) is 3.31. The summed E-state index contributed by atoms with van der Waals surface area (Å²) in [6.45, 7) is 3.10. The normalized spacial score (nSPS) is 29.2. The molecule has 0 unspecified atom stereocenters. The Morgan fingerprint density at radius 3 is 2.19 bits per heavy atom. The molecule has 1 aliphatic carbocycles. The van der Waals surface area contributed by atoms with Crippen LogP contribution >= 0.6 is 0 Å². The van der Waals surface area contributed by atoms with Crippen molar-refractivity contribution in [3.05, 3.63) is 83.9 Å². The van der Waals surface area contributed by atoms with Crippen LogP contribution in [0.25, 0.3) is 0 Å². The fourth-order valence-corrected chi connectivity index (χ4v) is 5.72. The van der Waals surface area contributed by atoms with Gasteiger partial charge in [0.05, 0.1) is 13.2 Å². The lowest BCUT2D eigenvalue weighted by Crippen LogP contribution is -2.56. The Morgan fingerprint density at radius 2 is 1.56 bits per heavy atom. The Balaban J connectivity index is 1.63. The first-order valence-corrected chi connectivity index (χ1v) is 11.3. The summed E-state index contributed by atoms with van der Waals surface area (Å²) in [5.41, 5.74) is 1.46. The quantitative estimate of drug-likeness (QED) is 0.478. The van der Waals surface area contributed by atoms with Crippen LogP contribution in [0.1, 0.15) is 18.1 Å². The third-order valence-electron chi connectivity index (χ3n) is 7.05. The molecule has 1 N–H and O–H groups in total. The summed E-state index contributed by atoms with van der Waals surface area (Å²) < 4.78 is 17.7. The van der Waals surface area contributed by atoms with Crippen LogP contribution in [0, 0.1) is 23.2 Å². The molecule has 5 atom stereocenters. The molecule has 0 radical (unpaired) electrons. The lowest BCUT2D eigenvalue weighted by Gasteiger charge is -2.47. The SMILES string of the molecule is COC(OC)[C@]12C(=O)N[C@@H](Cc3ccccc3)[C@@H]1[C@H](C)C=C[C@@H]2COCc1ccccc1. The topological polar surface area (TPSA) is 56.8 Å². The first kappa shape index (κ1) is 22.7. The number of allylic oxidation sites excluding steroid dienone is 1. The van der Waals surface area contributed by atoms with Crippen LogP contribution in [0.2, 0.25) is 0 Å². The smallest absolute Gasteiger partial charge is 0.232 e. The molecule has 1 aliphatic heterocycles. The second kappa shape index (κ2) is 9.99. The minimum Gasteiger partial charge on any atom is -0.376 e. The lowest BCUT2D eigenvalue weighted by molar-refractivity contribution is -0.213. The van der Waals surface area contributed by atoms with Gasteiger partial charge in [-0.2, -0.15) is 0 Å². The monoisotopic (exact) mass is 435 g/mol. The second-order valence-corrected chi connectivity index (χ2v) is 8.88. The standard InChI is InChI=1S/C27H33NO4/c1-19-14-15-22(18-32-17-21-12-8-5-9-13-21)27(26(30-2)31-3)24(19)23(28-25(27)29)16-20-10-6-4-7-11-20/h4-15,19,22-24,26H,16-18H2,1-3H3,(H,28,29)/t19-,22-,23+,24+,27+/m1/s1. The van der Waals surface area contributed by atoms with E-state index in [1.807, 2.05) is 48.5 Å². The highest BCUT2D eigenvalue weighted by Gasteiger charge is 2.65. The molecule has 2 aromatic carbocycles. The summed E-state index contributed by atoms with van der Waals surface area (Å²) in [7, 11) is 3.23. The van der Waals surface area contributed by atoms with E-state index in [1.54, 1.807) is 14.2 Å². The zero-order chi connectivity index (χ0) is 22.6. The van der Waals surface area contributed by atoms with Gasteiger partial charge in [0.15, 0.2) is 6.29 Å². The van der Waals surface area contributed by atoms with Crippen molar-refractivity contribution in [2.24, 2.45) is 23.2 Å². The maximum atomic E-state index is 13.7. The van der Waals surface area contributed by atoms with Crippen molar-refractivity contribution >= 4 is 5.91 Å². The van der Waals surface area contributed by atoms with Gasteiger partial charge in [-0.05, 0) is 23.5 Å². The van der Waals surface area contributed by atoms with Crippen LogP contribution in [0.3, 0.4) is 0 Å². The molecule has 2 aromatic rings. The Kier molecular flexibility index (Phi) is 7.09. The zero-order valence-electron chi connectivity index (χ0n) is 19.1. The molecule has 4 rings (SSSR count). The Morgan fingerprint density at radius 1 is 0.938 bits per heavy atom. The van der Waals surface area contributed by atoms with E-state index in [1.165, 1.54) is 5.56 Å². The molecular weight excluding hydrogens is 402 g/mol. The van der Waals surface area contributed by atoms with Crippen molar-refractivity contribution in [2.45, 2.75) is 32.3 Å². The number of carbonyl (C=O) groups is 1. The number of benzene rings is 2. The van der Waals surface area contributed by atoms with Crippen LogP contribution in [-0.2, 0) is 32.0 Å². The highest BCUT2D eigenvalue weighted by molar-refractivity contribution is 5.87. The highest BCUT2D eigenvalue weighted by atomic mass is 16.7. The highest BCUT2D eigenvalue weighted by Crippen LogP contribution is 2.54. The van der Waals surface area contributed by atoms with Gasteiger partial charge in [-0.3, -0.25) is 4.79 Å². The van der Waals surface area contributed by atoms with Gasteiger partial charge in [0.25, 0.3) is 0 Å². The first-order valence-electron chi connectivity index (χ1n) is 11.3. The molecule has 1 heterocycles. The largest absolute Gasteiger partial charge is 0.376 e. The zero-order valence-corrected chi connectivity index (χ0v) is 19.1. The van der Waals surface area contributed by atoms with E-state index < -0.39 is 11.7 Å². The van der Waals surface area contributed by atoms with E-state index in [4.69, 9.17) is 14.2 Å². The molecule has 32 heavy (non-hydrogen) atoms. The fourth-order valence-electron chi connectivity index (χ4n) is 5.72. The van der Waals surface area contributed by atoms with Gasteiger partial charge in [-0.15, -0.1) is 0 Å². The number of ether oxygens (including phenoxy) is 3. The molecule has 2 aliphatic rings. The number of hydrogen-bond acceptors (Lipinski definition) is 4. The number of methoxy groups -OCH3 is 2. The van der Waals surface area contributed by atoms with Crippen molar-refractivity contribution in [3.8, 4) is 0 Å². The van der Waals surface area contributed by atoms with Crippen molar-refractivity contribution in [1.82, 2.24) is 5.32 Å². The molecule has 0 aromatic heterocycles. The Bertz CT molecular complexity index is 912. The maximum Gasteiger partial charge on any atom is 0.232 e. The third-order valence-corrected chi connectivity index (χ3v) is 7.05. The lowest BCUT2D eigenvalue weighted by atomic mass is 9.58. The average molecular weight is 436 g/mol. The summed E-state index contributed by atoms with van der Waals surface area (Å²) in [5.74, 6) is 0.0518. The predicted molar refractivity (Wildman–Crippen MR) is 124 cm³/mol. The van der Waals surface area contributed by atoms with Crippen molar-refractivity contribution < 1.29 is 19.0 Å². The van der Waals surface area contributed by atoms with E-state index in [0.717, 1.165) is 12.0 Å². The molecular formula is C27H33NO4. The van der Waals surface area contributed by atoms with Gasteiger partial charge < -0.3 is 19.5 Å². The first-order chi connectivity index (χ1) is 15.6. The summed E-state index contributed by atoms with van der Waals surface area (Å²) >= 11 is 0. The number of fused-ring (bicyclic) bond motifs is 1. The van der Waals surface area contributed by atoms with Gasteiger partial charge in [0.1, 0.15) is 5.41 Å². The minimum atomic E-state index is -0.853. The van der Waals surface area contributed by atoms with Gasteiger partial charge >= 0.3 is 0 Å². The van der Waals surface area contributed by atoms with Gasteiger partial charge in [0, 0.05) is 32.1 Å². The van der Waals surface area contributed by atoms with Crippen molar-refractivity contribution in [3.63, 3.8) is 0 Å². The van der Waals surface area contributed by atoms with Gasteiger partial charge in [-0.1, -0.05) is 79.7 Å². The molecule has 1 saturated heterocycles. The van der Waals surface area contributed by atoms with E-state index in [9.17, 15) is 4.79 Å². The van der Waals surface area contributed by atoms with Crippen LogP contribution in [0.15, 0.2) is 72.8 Å². The minimum absolute atomic E-state index is 0.00530. The van der Waals surface area contributed by atoms with Gasteiger partial charge in [0.2, 0.25) is 5.91 Å². The molecule has 1 amide bonds. The van der Waals surface area contributed by atoms with Crippen molar-refractivity contribution in [1.29, 1.82) is 0 Å². The van der Waals surface area contributed by atoms with E-state index >= 15 is 0 Å². The van der Waals surface area contributed by atoms with Crippen LogP contribution in [0.5, 0.6) is 0 Å². The number of rotatable bonds is 9. The maximum absolute atomic E-state index is 13.7. The molecule has 170 valence electrons. The number of hydrogen-bond donors (Lipinski definition) is 1. The third kappa shape index (κ3) is 4.13. The average Bonchev–Trinajstić information content (AvgIpc) is 3.11. The van der Waals surface area contributed by atoms with E-state index in [-0.39, 0.29) is 29.7 Å². The Hall–Kier alpha value is -2.47. The molecule has 5 heteroatoms. The van der Waals surface area contributed by atoms with E-state index in [2.05, 4.69) is 36.5 Å². The summed E-state index contributed by atoms with van der Waals surface area (Å²) in [4.78, 5) is 13.7. The predicted octanol–water partition coefficient (Wildman–Crippen LogP) is 3.99. The van der Waals surface area contributed by atoms with Crippen LogP contribution < -0.4 is 5.32 Å². The van der Waals surface area contributed by atoms with E-state index in [0.29, 0.717) is 13.2 Å². The van der Waals surface area contributed by atoms with Crippen molar-refractivity contribution in [2.75, 3.05) is 20.8 Å². The molecule has 0 saturated carbocycles. The number of carbonyl (C=O) groups excluding carboxylic acids is 1. The fraction of sp³-hybridized carbons (Fsp3) is 0.444.